The van der Waals surface area contributed by atoms with E-state index in [0.717, 1.165) is 16.1 Å². The number of primary amides is 1. The summed E-state index contributed by atoms with van der Waals surface area (Å²) in [6, 6.07) is 16.7. The lowest BCUT2D eigenvalue weighted by molar-refractivity contribution is -0.113. The summed E-state index contributed by atoms with van der Waals surface area (Å²) in [6.45, 7) is 2.03. The Hall–Kier alpha value is -3.06. The molecule has 0 bridgehead atoms. The zero-order chi connectivity index (χ0) is 18.5. The molecular formula is C19H18N4O2S. The highest BCUT2D eigenvalue weighted by Crippen LogP contribution is 2.22. The van der Waals surface area contributed by atoms with Crippen molar-refractivity contribution in [1.29, 1.82) is 0 Å². The minimum atomic E-state index is -0.571. The average Bonchev–Trinajstić information content (AvgIpc) is 3.12. The van der Waals surface area contributed by atoms with Crippen LogP contribution in [0.2, 0.25) is 0 Å². The lowest BCUT2D eigenvalue weighted by atomic mass is 10.2. The quantitative estimate of drug-likeness (QED) is 0.656. The third-order valence-corrected chi connectivity index (χ3v) is 4.89. The first-order chi connectivity index (χ1) is 12.5. The van der Waals surface area contributed by atoms with Gasteiger partial charge in [-0.2, -0.15) is 5.10 Å². The van der Waals surface area contributed by atoms with Gasteiger partial charge in [0, 0.05) is 16.8 Å². The van der Waals surface area contributed by atoms with Crippen LogP contribution in [0.25, 0.3) is 5.69 Å². The molecule has 26 heavy (non-hydrogen) atoms. The molecule has 1 heterocycles. The Labute approximate surface area is 155 Å². The van der Waals surface area contributed by atoms with E-state index in [9.17, 15) is 9.59 Å². The highest BCUT2D eigenvalue weighted by molar-refractivity contribution is 8.00. The van der Waals surface area contributed by atoms with Gasteiger partial charge in [0.2, 0.25) is 5.91 Å². The fourth-order valence-corrected chi connectivity index (χ4v) is 3.18. The van der Waals surface area contributed by atoms with Crippen LogP contribution in [0.5, 0.6) is 0 Å². The number of carbonyl (C=O) groups is 2. The predicted octanol–water partition coefficient (Wildman–Crippen LogP) is 3.01. The molecule has 0 aliphatic heterocycles. The van der Waals surface area contributed by atoms with E-state index in [2.05, 4.69) is 10.4 Å². The van der Waals surface area contributed by atoms with Gasteiger partial charge in [-0.15, -0.1) is 11.8 Å². The highest BCUT2D eigenvalue weighted by atomic mass is 32.2. The summed E-state index contributed by atoms with van der Waals surface area (Å²) in [4.78, 5) is 24.3. The number of amides is 2. The molecule has 3 N–H and O–H groups in total. The average molecular weight is 366 g/mol. The summed E-state index contributed by atoms with van der Waals surface area (Å²) in [6.07, 6.45) is 1.66. The van der Waals surface area contributed by atoms with Crippen molar-refractivity contribution in [2.75, 3.05) is 11.1 Å². The van der Waals surface area contributed by atoms with E-state index in [1.807, 2.05) is 43.3 Å². The molecule has 2 aromatic carbocycles. The minimum Gasteiger partial charge on any atom is -0.364 e. The van der Waals surface area contributed by atoms with Gasteiger partial charge in [0.15, 0.2) is 0 Å². The highest BCUT2D eigenvalue weighted by Gasteiger charge is 2.08. The Balaban J connectivity index is 1.59. The molecule has 1 aromatic heterocycles. The number of thioether (sulfide) groups is 1. The molecule has 0 radical (unpaired) electrons. The molecule has 2 amide bonds. The molecule has 0 unspecified atom stereocenters. The van der Waals surface area contributed by atoms with Crippen molar-refractivity contribution in [3.05, 3.63) is 72.1 Å². The molecule has 0 atom stereocenters. The van der Waals surface area contributed by atoms with Gasteiger partial charge in [0.1, 0.15) is 5.69 Å². The zero-order valence-electron chi connectivity index (χ0n) is 14.2. The molecule has 0 aliphatic carbocycles. The Kier molecular flexibility index (Phi) is 5.38. The monoisotopic (exact) mass is 366 g/mol. The van der Waals surface area contributed by atoms with Crippen molar-refractivity contribution in [2.45, 2.75) is 11.8 Å². The number of nitrogens with one attached hydrogen (secondary N) is 1. The number of benzene rings is 2. The van der Waals surface area contributed by atoms with Crippen LogP contribution in [0.4, 0.5) is 5.69 Å². The number of carbonyl (C=O) groups excluding carboxylic acids is 2. The van der Waals surface area contributed by atoms with Crippen LogP contribution in [0.3, 0.4) is 0 Å². The molecule has 0 spiro atoms. The summed E-state index contributed by atoms with van der Waals surface area (Å²) in [7, 11) is 0. The Morgan fingerprint density at radius 3 is 2.50 bits per heavy atom. The summed E-state index contributed by atoms with van der Waals surface area (Å²) in [5.41, 5.74) is 8.03. The van der Waals surface area contributed by atoms with Gasteiger partial charge in [-0.25, -0.2) is 4.68 Å². The fourth-order valence-electron chi connectivity index (χ4n) is 2.36. The van der Waals surface area contributed by atoms with E-state index >= 15 is 0 Å². The molecule has 0 saturated carbocycles. The van der Waals surface area contributed by atoms with E-state index in [-0.39, 0.29) is 11.6 Å². The van der Waals surface area contributed by atoms with Crippen molar-refractivity contribution in [3.63, 3.8) is 0 Å². The number of nitrogens with two attached hydrogens (primary N) is 1. The lowest BCUT2D eigenvalue weighted by Crippen LogP contribution is -2.14. The van der Waals surface area contributed by atoms with Gasteiger partial charge in [0.05, 0.1) is 11.4 Å². The smallest absolute Gasteiger partial charge is 0.269 e. The van der Waals surface area contributed by atoms with Crippen molar-refractivity contribution < 1.29 is 9.59 Å². The van der Waals surface area contributed by atoms with Gasteiger partial charge in [-0.05, 0) is 48.9 Å². The summed E-state index contributed by atoms with van der Waals surface area (Å²) >= 11 is 1.51. The van der Waals surface area contributed by atoms with Crippen molar-refractivity contribution in [1.82, 2.24) is 9.78 Å². The first-order valence-corrected chi connectivity index (χ1v) is 8.96. The number of hydrogen-bond acceptors (Lipinski definition) is 4. The number of rotatable bonds is 6. The maximum atomic E-state index is 12.1. The van der Waals surface area contributed by atoms with E-state index < -0.39 is 5.91 Å². The number of hydrogen-bond donors (Lipinski definition) is 2. The van der Waals surface area contributed by atoms with E-state index in [4.69, 9.17) is 5.73 Å². The van der Waals surface area contributed by atoms with Gasteiger partial charge in [0.25, 0.3) is 5.91 Å². The van der Waals surface area contributed by atoms with Crippen LogP contribution in [-0.4, -0.2) is 27.3 Å². The number of aromatic nitrogens is 2. The molecule has 0 aliphatic rings. The van der Waals surface area contributed by atoms with Gasteiger partial charge in [-0.1, -0.05) is 18.2 Å². The second-order valence-electron chi connectivity index (χ2n) is 5.66. The van der Waals surface area contributed by atoms with Crippen molar-refractivity contribution in [3.8, 4) is 5.69 Å². The molecule has 7 heteroatoms. The lowest BCUT2D eigenvalue weighted by Gasteiger charge is -2.08. The van der Waals surface area contributed by atoms with Crippen LogP contribution in [-0.2, 0) is 4.79 Å². The standard InChI is InChI=1S/C19H18N4O2S/c1-13-4-2-3-5-17(13)26-12-18(24)21-14-6-8-15(9-7-14)23-11-10-16(22-23)19(20)25/h2-11H,12H2,1H3,(H2,20,25)(H,21,24). The predicted molar refractivity (Wildman–Crippen MR) is 103 cm³/mol. The second kappa shape index (κ2) is 7.88. The SMILES string of the molecule is Cc1ccccc1SCC(=O)Nc1ccc(-n2ccc(C(N)=O)n2)cc1. The van der Waals surface area contributed by atoms with Crippen LogP contribution < -0.4 is 11.1 Å². The molecule has 6 nitrogen and oxygen atoms in total. The maximum absolute atomic E-state index is 12.1. The molecule has 3 rings (SSSR count). The maximum Gasteiger partial charge on any atom is 0.269 e. The summed E-state index contributed by atoms with van der Waals surface area (Å²) in [5.74, 6) is -0.298. The molecular weight excluding hydrogens is 348 g/mol. The van der Waals surface area contributed by atoms with Gasteiger partial charge < -0.3 is 11.1 Å². The third kappa shape index (κ3) is 4.31. The fraction of sp³-hybridized carbons (Fsp3) is 0.105. The normalized spacial score (nSPS) is 10.5. The molecule has 0 saturated heterocycles. The number of anilines is 1. The number of aryl methyl sites for hydroxylation is 1. The first-order valence-electron chi connectivity index (χ1n) is 7.97. The summed E-state index contributed by atoms with van der Waals surface area (Å²) < 4.78 is 1.56. The molecule has 3 aromatic rings. The third-order valence-electron chi connectivity index (χ3n) is 3.71. The Bertz CT molecular complexity index is 935. The van der Waals surface area contributed by atoms with Gasteiger partial charge in [-0.3, -0.25) is 9.59 Å². The summed E-state index contributed by atoms with van der Waals surface area (Å²) in [5, 5.41) is 6.96. The van der Waals surface area contributed by atoms with Gasteiger partial charge >= 0.3 is 0 Å². The zero-order valence-corrected chi connectivity index (χ0v) is 15.0. The van der Waals surface area contributed by atoms with E-state index in [1.165, 1.54) is 11.8 Å². The molecule has 132 valence electrons. The second-order valence-corrected chi connectivity index (χ2v) is 6.68. The van der Waals surface area contributed by atoms with Crippen LogP contribution >= 0.6 is 11.8 Å². The van der Waals surface area contributed by atoms with E-state index in [0.29, 0.717) is 11.4 Å². The largest absolute Gasteiger partial charge is 0.364 e. The molecule has 0 fully saturated rings. The minimum absolute atomic E-state index is 0.0684. The van der Waals surface area contributed by atoms with Crippen LogP contribution in [0, 0.1) is 6.92 Å². The van der Waals surface area contributed by atoms with Crippen LogP contribution in [0.1, 0.15) is 16.1 Å². The Morgan fingerprint density at radius 1 is 1.12 bits per heavy atom. The van der Waals surface area contributed by atoms with Crippen LogP contribution in [0.15, 0.2) is 65.7 Å². The Morgan fingerprint density at radius 2 is 1.85 bits per heavy atom. The number of nitrogens with zero attached hydrogens (tertiary/aromatic N) is 2. The first kappa shape index (κ1) is 17.8. The van der Waals surface area contributed by atoms with Crippen molar-refractivity contribution >= 4 is 29.3 Å². The topological polar surface area (TPSA) is 90.0 Å². The van der Waals surface area contributed by atoms with Crippen molar-refractivity contribution in [2.24, 2.45) is 5.73 Å². The van der Waals surface area contributed by atoms with E-state index in [1.54, 1.807) is 29.1 Å².